The Labute approximate surface area is 135 Å². The van der Waals surface area contributed by atoms with E-state index in [-0.39, 0.29) is 6.67 Å². The second kappa shape index (κ2) is 4.77. The van der Waals surface area contributed by atoms with Crippen molar-refractivity contribution in [3.8, 4) is 0 Å². The first-order valence-electron chi connectivity index (χ1n) is 9.19. The number of nitrogens with zero attached hydrogens (tertiary/aromatic N) is 3. The third-order valence-electron chi connectivity index (χ3n) is 4.04. The van der Waals surface area contributed by atoms with E-state index in [1.54, 1.807) is 18.6 Å². The van der Waals surface area contributed by atoms with Gasteiger partial charge < -0.3 is 14.2 Å². The Hall–Kier alpha value is -2.49. The van der Waals surface area contributed by atoms with Crippen LogP contribution in [-0.4, -0.2) is 22.6 Å². The minimum atomic E-state index is -2.42. The molecule has 3 heterocycles. The topological polar surface area (TPSA) is 32.5 Å². The van der Waals surface area contributed by atoms with E-state index < -0.39 is 12.9 Å². The van der Waals surface area contributed by atoms with Crippen LogP contribution in [0, 0.1) is 6.92 Å². The monoisotopic (exact) mass is 297 g/mol. The van der Waals surface area contributed by atoms with Gasteiger partial charge in [0, 0.05) is 39.5 Å². The van der Waals surface area contributed by atoms with Crippen molar-refractivity contribution in [1.29, 1.82) is 0 Å². The maximum atomic E-state index is 8.28. The smallest absolute Gasteiger partial charge is 0.227 e. The summed E-state index contributed by atoms with van der Waals surface area (Å²) in [5, 5.41) is 1.90. The molecular formula is C18H19N3O. The van der Waals surface area contributed by atoms with Crippen LogP contribution < -0.4 is 4.90 Å². The van der Waals surface area contributed by atoms with Crippen LogP contribution in [-0.2, 0) is 0 Å². The Morgan fingerprint density at radius 3 is 3.09 bits per heavy atom. The molecule has 2 aromatic heterocycles. The third-order valence-corrected chi connectivity index (χ3v) is 4.04. The summed E-state index contributed by atoms with van der Waals surface area (Å²) in [6, 6.07) is 6.15. The summed E-state index contributed by atoms with van der Waals surface area (Å²) in [5.41, 5.74) is 3.15. The molecule has 112 valence electrons. The van der Waals surface area contributed by atoms with Crippen LogP contribution in [0.5, 0.6) is 0 Å². The second-order valence-corrected chi connectivity index (χ2v) is 5.53. The van der Waals surface area contributed by atoms with E-state index in [4.69, 9.17) is 9.90 Å². The molecule has 1 atom stereocenters. The number of rotatable bonds is 2. The van der Waals surface area contributed by atoms with Gasteiger partial charge in [-0.05, 0) is 38.4 Å². The fourth-order valence-corrected chi connectivity index (χ4v) is 2.90. The number of hydrogen-bond acceptors (Lipinski definition) is 4. The van der Waals surface area contributed by atoms with E-state index in [1.165, 1.54) is 11.8 Å². The van der Waals surface area contributed by atoms with Crippen molar-refractivity contribution in [2.75, 3.05) is 11.6 Å². The molecule has 0 saturated carbocycles. The molecule has 4 rings (SSSR count). The molecule has 1 aliphatic heterocycles. The van der Waals surface area contributed by atoms with Gasteiger partial charge in [-0.25, -0.2) is 4.98 Å². The first-order valence-corrected chi connectivity index (χ1v) is 7.19. The summed E-state index contributed by atoms with van der Waals surface area (Å²) >= 11 is 0. The minimum absolute atomic E-state index is 0.267. The molecule has 1 aliphatic rings. The van der Waals surface area contributed by atoms with Gasteiger partial charge in [0.15, 0.2) is 5.58 Å². The zero-order valence-electron chi connectivity index (χ0n) is 16.5. The minimum Gasteiger partial charge on any atom is -0.435 e. The molecule has 3 aromatic rings. The summed E-state index contributed by atoms with van der Waals surface area (Å²) in [7, 11) is 0. The van der Waals surface area contributed by atoms with Gasteiger partial charge in [-0.2, -0.15) is 0 Å². The van der Waals surface area contributed by atoms with Crippen molar-refractivity contribution in [3.63, 3.8) is 0 Å². The molecule has 0 saturated heterocycles. The van der Waals surface area contributed by atoms with Gasteiger partial charge in [0.1, 0.15) is 0 Å². The molecule has 0 N–H and O–H groups in total. The van der Waals surface area contributed by atoms with Crippen LogP contribution in [0.3, 0.4) is 0 Å². The Kier molecular flexibility index (Phi) is 2.06. The van der Waals surface area contributed by atoms with Gasteiger partial charge in [-0.3, -0.25) is 0 Å². The fraction of sp³-hybridized carbons (Fsp3) is 0.278. The predicted octanol–water partition coefficient (Wildman–Crippen LogP) is 4.25. The molecule has 1 aromatic carbocycles. The highest BCUT2D eigenvalue weighted by atomic mass is 16.3. The lowest BCUT2D eigenvalue weighted by Crippen LogP contribution is -2.30. The van der Waals surface area contributed by atoms with Crippen molar-refractivity contribution in [2.24, 2.45) is 0 Å². The van der Waals surface area contributed by atoms with Gasteiger partial charge in [-0.1, -0.05) is 12.1 Å². The summed E-state index contributed by atoms with van der Waals surface area (Å²) in [6.07, 6.45) is 5.13. The summed E-state index contributed by atoms with van der Waals surface area (Å²) in [4.78, 5) is 7.71. The fourth-order valence-electron chi connectivity index (χ4n) is 2.90. The number of furan rings is 1. The van der Waals surface area contributed by atoms with E-state index in [9.17, 15) is 0 Å². The largest absolute Gasteiger partial charge is 0.435 e. The van der Waals surface area contributed by atoms with E-state index in [1.807, 2.05) is 36.1 Å². The van der Waals surface area contributed by atoms with Crippen LogP contribution in [0.2, 0.25) is 0 Å². The molecule has 0 aliphatic carbocycles. The van der Waals surface area contributed by atoms with Gasteiger partial charge >= 0.3 is 0 Å². The van der Waals surface area contributed by atoms with Crippen molar-refractivity contribution >= 4 is 27.8 Å². The Morgan fingerprint density at radius 1 is 1.32 bits per heavy atom. The van der Waals surface area contributed by atoms with E-state index in [2.05, 4.69) is 4.98 Å². The number of fused-ring (bicyclic) bond motifs is 3. The number of benzene rings is 1. The lowest BCUT2D eigenvalue weighted by molar-refractivity contribution is 0.336. The molecule has 0 spiro atoms. The molecule has 4 heteroatoms. The highest BCUT2D eigenvalue weighted by Gasteiger charge is 2.22. The van der Waals surface area contributed by atoms with Crippen LogP contribution >= 0.6 is 0 Å². The van der Waals surface area contributed by atoms with E-state index in [0.717, 1.165) is 22.0 Å². The lowest BCUT2D eigenvalue weighted by Gasteiger charge is -2.25. The highest BCUT2D eigenvalue weighted by Crippen LogP contribution is 2.37. The first kappa shape index (κ1) is 9.51. The summed E-state index contributed by atoms with van der Waals surface area (Å²) in [5.74, 6) is 0. The Balaban J connectivity index is 1.79. The molecule has 22 heavy (non-hydrogen) atoms. The van der Waals surface area contributed by atoms with Crippen molar-refractivity contribution in [3.05, 3.63) is 48.4 Å². The number of hydrogen-bond donors (Lipinski definition) is 0. The van der Waals surface area contributed by atoms with Gasteiger partial charge in [-0.15, -0.1) is 0 Å². The molecule has 0 bridgehead atoms. The predicted molar refractivity (Wildman–Crippen MR) is 89.7 cm³/mol. The quantitative estimate of drug-likeness (QED) is 0.708. The van der Waals surface area contributed by atoms with E-state index in [0.29, 0.717) is 11.3 Å². The maximum absolute atomic E-state index is 8.28. The zero-order chi connectivity index (χ0) is 18.7. The molecule has 4 nitrogen and oxygen atoms in total. The second-order valence-electron chi connectivity index (χ2n) is 5.53. The summed E-state index contributed by atoms with van der Waals surface area (Å²) < 4.78 is 37.2. The van der Waals surface area contributed by atoms with Crippen LogP contribution in [0.4, 0.5) is 5.69 Å². The SMILES string of the molecule is [2H]C([2H])([2H])C([2H])(C)N1C=CN(c2c(C)ccc3c2oc2ncccc23)C1. The summed E-state index contributed by atoms with van der Waals surface area (Å²) in [6.45, 7) is 1.24. The highest BCUT2D eigenvalue weighted by molar-refractivity contribution is 6.08. The number of aromatic nitrogens is 1. The normalized spacial score (nSPS) is 20.8. The van der Waals surface area contributed by atoms with Crippen LogP contribution in [0.1, 0.15) is 24.8 Å². The molecule has 0 fully saturated rings. The first-order chi connectivity index (χ1) is 12.2. The van der Waals surface area contributed by atoms with Gasteiger partial charge in [0.05, 0.1) is 13.7 Å². The van der Waals surface area contributed by atoms with Gasteiger partial charge in [0.2, 0.25) is 5.71 Å². The number of aryl methyl sites for hydroxylation is 1. The number of anilines is 1. The standard InChI is InChI=1S/C18H19N3O/c1-12(2)20-9-10-21(11-20)16-13(3)6-7-14-15-5-4-8-19-18(15)22-17(14)16/h4-10,12H,11H2,1-3H3/i1D3,12D. The van der Waals surface area contributed by atoms with Crippen LogP contribution in [0.25, 0.3) is 22.1 Å². The average molecular weight is 297 g/mol. The molecule has 1 unspecified atom stereocenters. The molecular weight excluding hydrogens is 274 g/mol. The lowest BCUT2D eigenvalue weighted by atomic mass is 10.1. The molecule has 0 amide bonds. The molecule has 0 radical (unpaired) electrons. The van der Waals surface area contributed by atoms with Crippen molar-refractivity contribution in [1.82, 2.24) is 9.88 Å². The maximum Gasteiger partial charge on any atom is 0.227 e. The Morgan fingerprint density at radius 2 is 2.23 bits per heavy atom. The average Bonchev–Trinajstić information content (AvgIpc) is 3.18. The Bertz CT molecular complexity index is 1020. The van der Waals surface area contributed by atoms with E-state index >= 15 is 0 Å². The van der Waals surface area contributed by atoms with Crippen molar-refractivity contribution in [2.45, 2.75) is 26.7 Å². The van der Waals surface area contributed by atoms with Gasteiger partial charge in [0.25, 0.3) is 0 Å². The number of pyridine rings is 1. The van der Waals surface area contributed by atoms with Crippen molar-refractivity contribution < 1.29 is 9.90 Å². The zero-order valence-corrected chi connectivity index (χ0v) is 12.5. The third kappa shape index (κ3) is 1.87. The van der Waals surface area contributed by atoms with Crippen LogP contribution in [0.15, 0.2) is 47.3 Å².